The number of rotatable bonds is 3. The van der Waals surface area contributed by atoms with Crippen molar-refractivity contribution in [2.24, 2.45) is 0 Å². The topological polar surface area (TPSA) is 72.9 Å². The van der Waals surface area contributed by atoms with Crippen LogP contribution in [0, 0.1) is 0 Å². The molecule has 24 heavy (non-hydrogen) atoms. The summed E-state index contributed by atoms with van der Waals surface area (Å²) in [7, 11) is 0. The molecule has 3 aromatic rings. The normalized spacial score (nSPS) is 13.7. The number of amides is 1. The lowest BCUT2D eigenvalue weighted by Crippen LogP contribution is -2.35. The van der Waals surface area contributed by atoms with Gasteiger partial charge in [0.15, 0.2) is 0 Å². The second-order valence-corrected chi connectivity index (χ2v) is 6.04. The van der Waals surface area contributed by atoms with Gasteiger partial charge in [0.1, 0.15) is 11.4 Å². The van der Waals surface area contributed by atoms with Crippen LogP contribution in [0.25, 0.3) is 5.69 Å². The van der Waals surface area contributed by atoms with Gasteiger partial charge in [-0.25, -0.2) is 4.68 Å². The molecule has 0 saturated heterocycles. The SMILES string of the molecule is Nc1c(C(=O)NC2Cc3ccccc3C2)cnn1-c1ccccc1. The number of nitrogens with zero attached hydrogens (tertiary/aromatic N) is 2. The fourth-order valence-corrected chi connectivity index (χ4v) is 3.23. The Morgan fingerprint density at radius 2 is 1.67 bits per heavy atom. The summed E-state index contributed by atoms with van der Waals surface area (Å²) < 4.78 is 1.58. The molecular weight excluding hydrogens is 300 g/mol. The molecule has 2 aromatic carbocycles. The lowest BCUT2D eigenvalue weighted by molar-refractivity contribution is 0.0939. The van der Waals surface area contributed by atoms with E-state index in [-0.39, 0.29) is 11.9 Å². The van der Waals surface area contributed by atoms with Crippen LogP contribution >= 0.6 is 0 Å². The number of para-hydroxylation sites is 1. The molecule has 120 valence electrons. The van der Waals surface area contributed by atoms with Crippen molar-refractivity contribution in [1.29, 1.82) is 0 Å². The molecule has 0 saturated carbocycles. The van der Waals surface area contributed by atoms with Crippen LogP contribution in [0.3, 0.4) is 0 Å². The van der Waals surface area contributed by atoms with Gasteiger partial charge < -0.3 is 11.1 Å². The Morgan fingerprint density at radius 3 is 2.33 bits per heavy atom. The fourth-order valence-electron chi connectivity index (χ4n) is 3.23. The third kappa shape index (κ3) is 2.54. The van der Waals surface area contributed by atoms with Crippen LogP contribution in [0.15, 0.2) is 60.8 Å². The van der Waals surface area contributed by atoms with E-state index in [0.29, 0.717) is 11.4 Å². The molecule has 0 unspecified atom stereocenters. The van der Waals surface area contributed by atoms with Crippen molar-refractivity contribution in [3.8, 4) is 5.69 Å². The second-order valence-electron chi connectivity index (χ2n) is 6.04. The highest BCUT2D eigenvalue weighted by molar-refractivity contribution is 5.98. The summed E-state index contributed by atoms with van der Waals surface area (Å²) in [5.41, 5.74) is 9.98. The number of anilines is 1. The van der Waals surface area contributed by atoms with Crippen LogP contribution in [0.1, 0.15) is 21.5 Å². The Bertz CT molecular complexity index is 860. The molecule has 3 N–H and O–H groups in total. The number of hydrogen-bond acceptors (Lipinski definition) is 3. The third-order valence-corrected chi connectivity index (χ3v) is 4.44. The Balaban J connectivity index is 1.51. The van der Waals surface area contributed by atoms with Crippen LogP contribution < -0.4 is 11.1 Å². The van der Waals surface area contributed by atoms with Crippen LogP contribution in [-0.4, -0.2) is 21.7 Å². The number of nitrogen functional groups attached to an aromatic ring is 1. The van der Waals surface area contributed by atoms with Crippen molar-refractivity contribution in [2.75, 3.05) is 5.73 Å². The molecule has 0 spiro atoms. The number of aromatic nitrogens is 2. The maximum Gasteiger partial charge on any atom is 0.256 e. The van der Waals surface area contributed by atoms with E-state index in [0.717, 1.165) is 18.5 Å². The van der Waals surface area contributed by atoms with Gasteiger partial charge in [-0.2, -0.15) is 5.10 Å². The number of carbonyl (C=O) groups is 1. The Kier molecular flexibility index (Phi) is 3.54. The Hall–Kier alpha value is -3.08. The van der Waals surface area contributed by atoms with Crippen molar-refractivity contribution in [3.05, 3.63) is 77.5 Å². The average molecular weight is 318 g/mol. The Morgan fingerprint density at radius 1 is 1.04 bits per heavy atom. The molecule has 0 fully saturated rings. The van der Waals surface area contributed by atoms with Crippen molar-refractivity contribution < 1.29 is 4.79 Å². The monoisotopic (exact) mass is 318 g/mol. The minimum atomic E-state index is -0.174. The molecular formula is C19H18N4O. The van der Waals surface area contributed by atoms with Gasteiger partial charge in [0.25, 0.3) is 5.91 Å². The lowest BCUT2D eigenvalue weighted by Gasteiger charge is -2.11. The summed E-state index contributed by atoms with van der Waals surface area (Å²) in [6, 6.07) is 17.9. The van der Waals surface area contributed by atoms with E-state index in [9.17, 15) is 4.79 Å². The molecule has 0 atom stereocenters. The summed E-state index contributed by atoms with van der Waals surface area (Å²) in [5, 5.41) is 7.33. The zero-order valence-corrected chi connectivity index (χ0v) is 13.1. The minimum Gasteiger partial charge on any atom is -0.383 e. The predicted molar refractivity (Wildman–Crippen MR) is 93.1 cm³/mol. The third-order valence-electron chi connectivity index (χ3n) is 4.44. The summed E-state index contributed by atoms with van der Waals surface area (Å²) in [5.74, 6) is 0.182. The van der Waals surface area contributed by atoms with Gasteiger partial charge in [-0.3, -0.25) is 4.79 Å². The summed E-state index contributed by atoms with van der Waals surface area (Å²) in [6.45, 7) is 0. The Labute approximate surface area is 140 Å². The molecule has 1 aromatic heterocycles. The van der Waals surface area contributed by atoms with Gasteiger partial charge in [0.05, 0.1) is 11.9 Å². The van der Waals surface area contributed by atoms with Crippen molar-refractivity contribution in [2.45, 2.75) is 18.9 Å². The van der Waals surface area contributed by atoms with Crippen LogP contribution in [0.4, 0.5) is 5.82 Å². The van der Waals surface area contributed by atoms with Gasteiger partial charge in [0, 0.05) is 6.04 Å². The van der Waals surface area contributed by atoms with Crippen molar-refractivity contribution in [1.82, 2.24) is 15.1 Å². The van der Waals surface area contributed by atoms with E-state index in [1.807, 2.05) is 42.5 Å². The number of nitrogens with two attached hydrogens (primary N) is 1. The van der Waals surface area contributed by atoms with Gasteiger partial charge in [-0.1, -0.05) is 42.5 Å². The zero-order valence-electron chi connectivity index (χ0n) is 13.1. The maximum atomic E-state index is 12.6. The van der Waals surface area contributed by atoms with Gasteiger partial charge >= 0.3 is 0 Å². The summed E-state index contributed by atoms with van der Waals surface area (Å²) in [6.07, 6.45) is 3.24. The first-order chi connectivity index (χ1) is 11.7. The molecule has 1 heterocycles. The van der Waals surface area contributed by atoms with Gasteiger partial charge in [0.2, 0.25) is 0 Å². The van der Waals surface area contributed by atoms with Crippen LogP contribution in [-0.2, 0) is 12.8 Å². The molecule has 0 radical (unpaired) electrons. The van der Waals surface area contributed by atoms with Gasteiger partial charge in [-0.05, 0) is 36.1 Å². The number of benzene rings is 2. The van der Waals surface area contributed by atoms with E-state index in [2.05, 4.69) is 22.5 Å². The predicted octanol–water partition coefficient (Wildman–Crippen LogP) is 2.35. The van der Waals surface area contributed by atoms with Crippen molar-refractivity contribution >= 4 is 11.7 Å². The van der Waals surface area contributed by atoms with Crippen LogP contribution in [0.5, 0.6) is 0 Å². The number of hydrogen-bond donors (Lipinski definition) is 2. The molecule has 5 heteroatoms. The smallest absolute Gasteiger partial charge is 0.256 e. The molecule has 1 amide bonds. The fraction of sp³-hybridized carbons (Fsp3) is 0.158. The number of fused-ring (bicyclic) bond motifs is 1. The second kappa shape index (κ2) is 5.85. The quantitative estimate of drug-likeness (QED) is 0.778. The minimum absolute atomic E-state index is 0.106. The highest BCUT2D eigenvalue weighted by Gasteiger charge is 2.24. The average Bonchev–Trinajstić information content (AvgIpc) is 3.18. The first-order valence-corrected chi connectivity index (χ1v) is 7.99. The van der Waals surface area contributed by atoms with E-state index >= 15 is 0 Å². The zero-order chi connectivity index (χ0) is 16.5. The number of carbonyl (C=O) groups excluding carboxylic acids is 1. The molecule has 0 aliphatic heterocycles. The molecule has 5 nitrogen and oxygen atoms in total. The molecule has 4 rings (SSSR count). The lowest BCUT2D eigenvalue weighted by atomic mass is 10.1. The van der Waals surface area contributed by atoms with E-state index in [1.54, 1.807) is 4.68 Å². The summed E-state index contributed by atoms with van der Waals surface area (Å²) >= 11 is 0. The van der Waals surface area contributed by atoms with Crippen molar-refractivity contribution in [3.63, 3.8) is 0 Å². The largest absolute Gasteiger partial charge is 0.383 e. The number of nitrogens with one attached hydrogen (secondary N) is 1. The first kappa shape index (κ1) is 14.5. The molecule has 1 aliphatic rings. The molecule has 1 aliphatic carbocycles. The van der Waals surface area contributed by atoms with E-state index in [1.165, 1.54) is 17.3 Å². The highest BCUT2D eigenvalue weighted by atomic mass is 16.1. The highest BCUT2D eigenvalue weighted by Crippen LogP contribution is 2.23. The van der Waals surface area contributed by atoms with E-state index in [4.69, 9.17) is 5.73 Å². The van der Waals surface area contributed by atoms with Crippen LogP contribution in [0.2, 0.25) is 0 Å². The molecule has 0 bridgehead atoms. The summed E-state index contributed by atoms with van der Waals surface area (Å²) in [4.78, 5) is 12.6. The maximum absolute atomic E-state index is 12.6. The van der Waals surface area contributed by atoms with Gasteiger partial charge in [-0.15, -0.1) is 0 Å². The van der Waals surface area contributed by atoms with E-state index < -0.39 is 0 Å². The first-order valence-electron chi connectivity index (χ1n) is 7.99. The standard InChI is InChI=1S/C19H18N4O/c20-18-17(12-21-23(18)16-8-2-1-3-9-16)19(24)22-15-10-13-6-4-5-7-14(13)11-15/h1-9,12,15H,10-11,20H2,(H,22,24).